The molecule has 0 spiro atoms. The van der Waals surface area contributed by atoms with Crippen molar-refractivity contribution < 1.29 is 13.6 Å². The molecule has 0 bridgehead atoms. The van der Waals surface area contributed by atoms with Crippen molar-refractivity contribution in [2.75, 3.05) is 0 Å². The smallest absolute Gasteiger partial charge is 0.408 e. The van der Waals surface area contributed by atoms with E-state index in [2.05, 4.69) is 170 Å². The van der Waals surface area contributed by atoms with Crippen molar-refractivity contribution in [1.82, 2.24) is 0 Å². The van der Waals surface area contributed by atoms with Crippen LogP contribution in [0.15, 0.2) is 84.9 Å². The lowest BCUT2D eigenvalue weighted by molar-refractivity contribution is 0.376. The van der Waals surface area contributed by atoms with Crippen molar-refractivity contribution in [3.05, 3.63) is 113 Å². The lowest BCUT2D eigenvalue weighted by Crippen LogP contribution is -2.16. The normalized spacial score (nSPS) is 13.1. The maximum Gasteiger partial charge on any atom is 0.530 e. The Morgan fingerprint density at radius 3 is 1.22 bits per heavy atom. The summed E-state index contributed by atoms with van der Waals surface area (Å²) in [5.74, 6) is 2.62. The van der Waals surface area contributed by atoms with Crippen molar-refractivity contribution in [2.24, 2.45) is 0 Å². The maximum absolute atomic E-state index is 6.98. The van der Waals surface area contributed by atoms with E-state index in [-0.39, 0.29) is 27.6 Å². The molecule has 0 saturated carbocycles. The van der Waals surface area contributed by atoms with Crippen LogP contribution in [-0.2, 0) is 21.7 Å². The minimum atomic E-state index is -1.92. The number of hydrogen-bond acceptors (Lipinski definition) is 3. The largest absolute Gasteiger partial charge is 0.530 e. The summed E-state index contributed by atoms with van der Waals surface area (Å²) < 4.78 is 20.8. The molecule has 0 atom stereocenters. The third kappa shape index (κ3) is 8.43. The van der Waals surface area contributed by atoms with Crippen LogP contribution in [0.5, 0.6) is 17.2 Å². The molecule has 5 rings (SSSR count). The van der Waals surface area contributed by atoms with Gasteiger partial charge in [-0.05, 0) is 96.1 Å². The summed E-state index contributed by atoms with van der Waals surface area (Å²) in [4.78, 5) is 0. The number of fused-ring (bicyclic) bond motifs is 2. The fourth-order valence-corrected chi connectivity index (χ4v) is 7.21. The third-order valence-corrected chi connectivity index (χ3v) is 10.3. The van der Waals surface area contributed by atoms with Gasteiger partial charge in [0.05, 0.1) is 0 Å². The SMILES string of the molecule is CC(C)c1ccccc1OP(Oc1cc2ccc(C(C)(C)C)cc2cc1C(C)(C)C)Oc1cc2ccc(C(C)(C)C)cc2cc1C(C)(C)C. The van der Waals surface area contributed by atoms with Crippen molar-refractivity contribution in [3.63, 3.8) is 0 Å². The lowest BCUT2D eigenvalue weighted by atomic mass is 9.83. The van der Waals surface area contributed by atoms with Crippen LogP contribution in [0.2, 0.25) is 0 Å². The van der Waals surface area contributed by atoms with E-state index in [0.29, 0.717) is 0 Å². The minimum Gasteiger partial charge on any atom is -0.408 e. The van der Waals surface area contributed by atoms with Gasteiger partial charge < -0.3 is 13.6 Å². The average Bonchev–Trinajstić information content (AvgIpc) is 2.98. The van der Waals surface area contributed by atoms with Crippen LogP contribution in [0.25, 0.3) is 21.5 Å². The molecule has 0 aliphatic carbocycles. The van der Waals surface area contributed by atoms with Crippen molar-refractivity contribution in [1.29, 1.82) is 0 Å². The first-order valence-corrected chi connectivity index (χ1v) is 18.8. The molecule has 0 heterocycles. The molecule has 0 aromatic heterocycles. The molecule has 0 radical (unpaired) electrons. The molecule has 0 amide bonds. The van der Waals surface area contributed by atoms with Crippen molar-refractivity contribution in [3.8, 4) is 17.2 Å². The molecule has 0 N–H and O–H groups in total. The predicted octanol–water partition coefficient (Wildman–Crippen LogP) is 14.1. The van der Waals surface area contributed by atoms with Crippen LogP contribution in [0.3, 0.4) is 0 Å². The van der Waals surface area contributed by atoms with E-state index < -0.39 is 8.60 Å². The van der Waals surface area contributed by atoms with Gasteiger partial charge in [-0.15, -0.1) is 0 Å². The molecular weight excluding hydrogens is 619 g/mol. The average molecular weight is 677 g/mol. The summed E-state index contributed by atoms with van der Waals surface area (Å²) in [5.41, 5.74) is 5.75. The van der Waals surface area contributed by atoms with Gasteiger partial charge in [0.1, 0.15) is 17.2 Å². The Balaban J connectivity index is 1.66. The van der Waals surface area contributed by atoms with E-state index >= 15 is 0 Å². The summed E-state index contributed by atoms with van der Waals surface area (Å²) in [6.07, 6.45) is 0. The van der Waals surface area contributed by atoms with Gasteiger partial charge in [-0.3, -0.25) is 0 Å². The van der Waals surface area contributed by atoms with E-state index in [9.17, 15) is 0 Å². The first-order chi connectivity index (χ1) is 22.6. The van der Waals surface area contributed by atoms with Gasteiger partial charge in [0, 0.05) is 11.1 Å². The van der Waals surface area contributed by atoms with Gasteiger partial charge in [0.2, 0.25) is 0 Å². The fraction of sp³-hybridized carbons (Fsp3) is 0.422. The molecule has 4 heteroatoms. The highest BCUT2D eigenvalue weighted by molar-refractivity contribution is 7.43. The predicted molar refractivity (Wildman–Crippen MR) is 212 cm³/mol. The molecule has 0 aliphatic heterocycles. The fourth-order valence-electron chi connectivity index (χ4n) is 6.15. The van der Waals surface area contributed by atoms with Crippen LogP contribution >= 0.6 is 8.60 Å². The summed E-state index contributed by atoms with van der Waals surface area (Å²) in [6, 6.07) is 30.6. The highest BCUT2D eigenvalue weighted by Crippen LogP contribution is 2.50. The van der Waals surface area contributed by atoms with E-state index in [4.69, 9.17) is 13.6 Å². The van der Waals surface area contributed by atoms with Gasteiger partial charge >= 0.3 is 8.60 Å². The standard InChI is InChI=1S/C45H57O3P/c1-29(2)36-17-15-16-18-39(36)46-49(47-40-27-30-19-21-34(42(3,4)5)23-32(30)25-37(40)44(9,10)11)48-41-28-31-20-22-35(43(6,7)8)24-33(31)26-38(41)45(12,13)14/h15-29H,1-14H3. The van der Waals surface area contributed by atoms with Crippen LogP contribution in [0.1, 0.15) is 131 Å². The molecule has 0 saturated heterocycles. The molecular formula is C45H57O3P. The molecule has 5 aromatic carbocycles. The van der Waals surface area contributed by atoms with Crippen molar-refractivity contribution >= 4 is 30.1 Å². The van der Waals surface area contributed by atoms with Gasteiger partial charge in [-0.25, -0.2) is 0 Å². The molecule has 260 valence electrons. The molecule has 5 aromatic rings. The molecule has 0 fully saturated rings. The van der Waals surface area contributed by atoms with Gasteiger partial charge in [0.25, 0.3) is 0 Å². The zero-order valence-electron chi connectivity index (χ0n) is 32.3. The Labute approximate surface area is 297 Å². The second-order valence-corrected chi connectivity index (χ2v) is 19.0. The number of para-hydroxylation sites is 1. The summed E-state index contributed by atoms with van der Waals surface area (Å²) in [6.45, 7) is 31.3. The van der Waals surface area contributed by atoms with Gasteiger partial charge in [0.15, 0.2) is 0 Å². The van der Waals surface area contributed by atoms with E-state index in [1.807, 2.05) is 12.1 Å². The quantitative estimate of drug-likeness (QED) is 0.161. The Kier molecular flexibility index (Phi) is 9.96. The summed E-state index contributed by atoms with van der Waals surface area (Å²) >= 11 is 0. The Bertz CT molecular complexity index is 1840. The van der Waals surface area contributed by atoms with Crippen LogP contribution in [0.4, 0.5) is 0 Å². The van der Waals surface area contributed by atoms with Crippen LogP contribution in [-0.4, -0.2) is 0 Å². The second-order valence-electron chi connectivity index (χ2n) is 18.0. The van der Waals surface area contributed by atoms with E-state index in [1.165, 1.54) is 21.9 Å². The second kappa shape index (κ2) is 13.3. The Morgan fingerprint density at radius 1 is 0.429 bits per heavy atom. The lowest BCUT2D eigenvalue weighted by Gasteiger charge is -2.28. The Morgan fingerprint density at radius 2 is 0.837 bits per heavy atom. The third-order valence-electron chi connectivity index (χ3n) is 9.29. The number of hydrogen-bond donors (Lipinski definition) is 0. The molecule has 0 aliphatic rings. The first kappa shape index (κ1) is 36.7. The molecule has 3 nitrogen and oxygen atoms in total. The topological polar surface area (TPSA) is 27.7 Å². The maximum atomic E-state index is 6.98. The highest BCUT2D eigenvalue weighted by atomic mass is 31.2. The number of rotatable bonds is 7. The van der Waals surface area contributed by atoms with Crippen LogP contribution < -0.4 is 13.6 Å². The zero-order valence-corrected chi connectivity index (χ0v) is 33.2. The highest BCUT2D eigenvalue weighted by Gasteiger charge is 2.30. The zero-order chi connectivity index (χ0) is 36.1. The number of benzene rings is 5. The van der Waals surface area contributed by atoms with Gasteiger partial charge in [-0.1, -0.05) is 152 Å². The monoisotopic (exact) mass is 676 g/mol. The Hall–Kier alpha value is -3.55. The van der Waals surface area contributed by atoms with E-state index in [0.717, 1.165) is 44.7 Å². The summed E-state index contributed by atoms with van der Waals surface area (Å²) in [7, 11) is -1.92. The van der Waals surface area contributed by atoms with Crippen molar-refractivity contribution in [2.45, 2.75) is 125 Å². The van der Waals surface area contributed by atoms with Gasteiger partial charge in [-0.2, -0.15) is 0 Å². The van der Waals surface area contributed by atoms with E-state index in [1.54, 1.807) is 0 Å². The molecule has 49 heavy (non-hydrogen) atoms. The first-order valence-electron chi connectivity index (χ1n) is 17.7. The molecule has 0 unspecified atom stereocenters. The minimum absolute atomic E-state index is 0.0595. The van der Waals surface area contributed by atoms with Crippen LogP contribution in [0, 0.1) is 0 Å². The summed E-state index contributed by atoms with van der Waals surface area (Å²) in [5, 5.41) is 4.67.